The molecule has 4 nitrogen and oxygen atoms in total. The van der Waals surface area contributed by atoms with E-state index >= 15 is 0 Å². The molecule has 1 heterocycles. The molecule has 0 aliphatic carbocycles. The average molecular weight is 245 g/mol. The fraction of sp³-hybridized carbons (Fsp3) is 0.357. The Morgan fingerprint density at radius 1 is 1.22 bits per heavy atom. The summed E-state index contributed by atoms with van der Waals surface area (Å²) in [6.07, 6.45) is 0. The van der Waals surface area contributed by atoms with Crippen molar-refractivity contribution in [1.82, 2.24) is 15.3 Å². The number of rotatable bonds is 5. The van der Waals surface area contributed by atoms with E-state index in [1.165, 1.54) is 0 Å². The summed E-state index contributed by atoms with van der Waals surface area (Å²) in [6.45, 7) is 5.54. The number of nitrogens with zero attached hydrogens (tertiary/aromatic N) is 1. The third-order valence-electron chi connectivity index (χ3n) is 2.98. The number of para-hydroxylation sites is 1. The maximum Gasteiger partial charge on any atom is 0.123 e. The molecule has 0 bridgehead atoms. The fourth-order valence-electron chi connectivity index (χ4n) is 1.87. The smallest absolute Gasteiger partial charge is 0.123 e. The van der Waals surface area contributed by atoms with Crippen LogP contribution >= 0.6 is 0 Å². The van der Waals surface area contributed by atoms with Crippen LogP contribution in [0.25, 0.3) is 0 Å². The normalized spacial score (nSPS) is 10.6. The van der Waals surface area contributed by atoms with Gasteiger partial charge in [-0.15, -0.1) is 0 Å². The van der Waals surface area contributed by atoms with Crippen molar-refractivity contribution in [1.29, 1.82) is 0 Å². The number of ether oxygens (including phenoxy) is 1. The minimum absolute atomic E-state index is 0.729. The SMILES string of the molecule is COc1ccccc1CNCc1nc(C)c(C)[nH]1. The van der Waals surface area contributed by atoms with E-state index in [1.54, 1.807) is 7.11 Å². The van der Waals surface area contributed by atoms with Gasteiger partial charge in [-0.3, -0.25) is 0 Å². The van der Waals surface area contributed by atoms with Crippen molar-refractivity contribution in [3.8, 4) is 5.75 Å². The molecule has 96 valence electrons. The van der Waals surface area contributed by atoms with Gasteiger partial charge in [-0.05, 0) is 19.9 Å². The highest BCUT2D eigenvalue weighted by Gasteiger charge is 2.03. The number of aromatic amines is 1. The van der Waals surface area contributed by atoms with Gasteiger partial charge in [0.2, 0.25) is 0 Å². The summed E-state index contributed by atoms with van der Waals surface area (Å²) in [7, 11) is 1.69. The number of imidazole rings is 1. The van der Waals surface area contributed by atoms with Crippen LogP contribution in [-0.2, 0) is 13.1 Å². The van der Waals surface area contributed by atoms with Crippen LogP contribution in [0.2, 0.25) is 0 Å². The summed E-state index contributed by atoms with van der Waals surface area (Å²) in [5.74, 6) is 1.89. The van der Waals surface area contributed by atoms with E-state index in [0.29, 0.717) is 0 Å². The summed E-state index contributed by atoms with van der Waals surface area (Å²) < 4.78 is 5.31. The molecule has 2 rings (SSSR count). The molecule has 4 heteroatoms. The lowest BCUT2D eigenvalue weighted by atomic mass is 10.2. The van der Waals surface area contributed by atoms with Crippen molar-refractivity contribution in [2.45, 2.75) is 26.9 Å². The number of benzene rings is 1. The van der Waals surface area contributed by atoms with Crippen LogP contribution in [0.1, 0.15) is 22.8 Å². The molecule has 0 saturated heterocycles. The first kappa shape index (κ1) is 12.6. The van der Waals surface area contributed by atoms with Crippen LogP contribution in [-0.4, -0.2) is 17.1 Å². The van der Waals surface area contributed by atoms with Crippen molar-refractivity contribution in [2.24, 2.45) is 0 Å². The molecule has 0 atom stereocenters. The number of nitrogens with one attached hydrogen (secondary N) is 2. The van der Waals surface area contributed by atoms with Crippen LogP contribution in [0.5, 0.6) is 5.75 Å². The van der Waals surface area contributed by atoms with Crippen molar-refractivity contribution in [3.05, 3.63) is 47.0 Å². The van der Waals surface area contributed by atoms with E-state index < -0.39 is 0 Å². The quantitative estimate of drug-likeness (QED) is 0.850. The minimum atomic E-state index is 0.729. The van der Waals surface area contributed by atoms with Gasteiger partial charge in [0.05, 0.1) is 19.3 Å². The average Bonchev–Trinajstić information content (AvgIpc) is 2.69. The summed E-state index contributed by atoms with van der Waals surface area (Å²) in [4.78, 5) is 7.69. The number of hydrogen-bond donors (Lipinski definition) is 2. The molecular weight excluding hydrogens is 226 g/mol. The maximum absolute atomic E-state index is 5.31. The first-order chi connectivity index (χ1) is 8.70. The third kappa shape index (κ3) is 2.90. The predicted molar refractivity (Wildman–Crippen MR) is 71.6 cm³/mol. The Kier molecular flexibility index (Phi) is 3.99. The Morgan fingerprint density at radius 3 is 2.67 bits per heavy atom. The zero-order valence-electron chi connectivity index (χ0n) is 11.1. The van der Waals surface area contributed by atoms with E-state index in [2.05, 4.69) is 21.4 Å². The first-order valence-corrected chi connectivity index (χ1v) is 6.05. The summed E-state index contributed by atoms with van der Waals surface area (Å²) in [6, 6.07) is 8.02. The molecule has 0 spiro atoms. The summed E-state index contributed by atoms with van der Waals surface area (Å²) >= 11 is 0. The molecule has 1 aromatic heterocycles. The predicted octanol–water partition coefficient (Wildman–Crippen LogP) is 2.32. The van der Waals surface area contributed by atoms with Crippen LogP contribution in [0.15, 0.2) is 24.3 Å². The highest BCUT2D eigenvalue weighted by molar-refractivity contribution is 5.32. The molecule has 1 aromatic carbocycles. The number of hydrogen-bond acceptors (Lipinski definition) is 3. The number of methoxy groups -OCH3 is 1. The van der Waals surface area contributed by atoms with Gasteiger partial charge in [0.1, 0.15) is 11.6 Å². The Labute approximate surface area is 107 Å². The second-order valence-corrected chi connectivity index (χ2v) is 4.31. The lowest BCUT2D eigenvalue weighted by molar-refractivity contribution is 0.407. The summed E-state index contributed by atoms with van der Waals surface area (Å²) in [5, 5.41) is 3.36. The lowest BCUT2D eigenvalue weighted by Crippen LogP contribution is -2.14. The Hall–Kier alpha value is -1.81. The molecule has 0 unspecified atom stereocenters. The molecule has 0 fully saturated rings. The molecule has 2 aromatic rings. The van der Waals surface area contributed by atoms with Gasteiger partial charge in [0.25, 0.3) is 0 Å². The fourth-order valence-corrected chi connectivity index (χ4v) is 1.87. The number of H-pyrrole nitrogens is 1. The van der Waals surface area contributed by atoms with E-state index in [4.69, 9.17) is 4.74 Å². The highest BCUT2D eigenvalue weighted by Crippen LogP contribution is 2.16. The third-order valence-corrected chi connectivity index (χ3v) is 2.98. The monoisotopic (exact) mass is 245 g/mol. The lowest BCUT2D eigenvalue weighted by Gasteiger charge is -2.08. The van der Waals surface area contributed by atoms with Crippen molar-refractivity contribution >= 4 is 0 Å². The van der Waals surface area contributed by atoms with Gasteiger partial charge < -0.3 is 15.0 Å². The Balaban J connectivity index is 1.92. The number of aryl methyl sites for hydroxylation is 2. The second kappa shape index (κ2) is 5.69. The molecule has 2 N–H and O–H groups in total. The first-order valence-electron chi connectivity index (χ1n) is 6.05. The molecule has 0 aliphatic heterocycles. The van der Waals surface area contributed by atoms with Crippen LogP contribution in [0, 0.1) is 13.8 Å². The highest BCUT2D eigenvalue weighted by atomic mass is 16.5. The maximum atomic E-state index is 5.31. The minimum Gasteiger partial charge on any atom is -0.496 e. The summed E-state index contributed by atoms with van der Waals surface area (Å²) in [5.41, 5.74) is 3.34. The van der Waals surface area contributed by atoms with Gasteiger partial charge in [-0.1, -0.05) is 18.2 Å². The molecule has 0 amide bonds. The van der Waals surface area contributed by atoms with E-state index in [9.17, 15) is 0 Å². The molecule has 0 aliphatic rings. The van der Waals surface area contributed by atoms with Crippen molar-refractivity contribution in [3.63, 3.8) is 0 Å². The van der Waals surface area contributed by atoms with Gasteiger partial charge in [0.15, 0.2) is 0 Å². The van der Waals surface area contributed by atoms with Crippen LogP contribution in [0.3, 0.4) is 0 Å². The molecule has 0 radical (unpaired) electrons. The molecular formula is C14H19N3O. The van der Waals surface area contributed by atoms with Crippen molar-refractivity contribution < 1.29 is 4.74 Å². The van der Waals surface area contributed by atoms with Crippen LogP contribution < -0.4 is 10.1 Å². The standard InChI is InChI=1S/C14H19N3O/c1-10-11(2)17-14(16-10)9-15-8-12-6-4-5-7-13(12)18-3/h4-7,15H,8-9H2,1-3H3,(H,16,17). The van der Waals surface area contributed by atoms with Crippen LogP contribution in [0.4, 0.5) is 0 Å². The van der Waals surface area contributed by atoms with E-state index in [-0.39, 0.29) is 0 Å². The molecule has 18 heavy (non-hydrogen) atoms. The van der Waals surface area contributed by atoms with Gasteiger partial charge in [0, 0.05) is 17.8 Å². The van der Waals surface area contributed by atoms with E-state index in [1.807, 2.05) is 32.0 Å². The van der Waals surface area contributed by atoms with Gasteiger partial charge in [-0.25, -0.2) is 4.98 Å². The topological polar surface area (TPSA) is 49.9 Å². The van der Waals surface area contributed by atoms with Gasteiger partial charge in [-0.2, -0.15) is 0 Å². The Bertz CT molecular complexity index is 500. The largest absolute Gasteiger partial charge is 0.496 e. The van der Waals surface area contributed by atoms with Crippen molar-refractivity contribution in [2.75, 3.05) is 7.11 Å². The number of aromatic nitrogens is 2. The molecule has 0 saturated carbocycles. The zero-order chi connectivity index (χ0) is 13.0. The zero-order valence-corrected chi connectivity index (χ0v) is 11.1. The van der Waals surface area contributed by atoms with Gasteiger partial charge >= 0.3 is 0 Å². The van der Waals surface area contributed by atoms with E-state index in [0.717, 1.165) is 41.6 Å². The Morgan fingerprint density at radius 2 is 2.00 bits per heavy atom. The second-order valence-electron chi connectivity index (χ2n) is 4.31.